The van der Waals surface area contributed by atoms with Crippen molar-refractivity contribution >= 4 is 43.4 Å². The van der Waals surface area contributed by atoms with Crippen molar-refractivity contribution in [2.75, 3.05) is 0 Å². The molecule has 1 heterocycles. The van der Waals surface area contributed by atoms with Gasteiger partial charge in [-0.25, -0.2) is 4.98 Å². The van der Waals surface area contributed by atoms with Crippen LogP contribution < -0.4 is 0 Å². The van der Waals surface area contributed by atoms with Crippen molar-refractivity contribution in [3.63, 3.8) is 0 Å². The zero-order chi connectivity index (χ0) is 33.5. The van der Waals surface area contributed by atoms with Gasteiger partial charge in [-0.05, 0) is 91.7 Å². The van der Waals surface area contributed by atoms with Crippen LogP contribution in [0.5, 0.6) is 0 Å². The number of hydrogen-bond acceptors (Lipinski definition) is 1. The normalized spacial score (nSPS) is 17.9. The number of hydrogen-bond donors (Lipinski definition) is 0. The largest absolute Gasteiger partial charge is 0.292 e. The second kappa shape index (κ2) is 10.9. The van der Waals surface area contributed by atoms with Crippen LogP contribution >= 0.6 is 0 Å². The molecule has 0 amide bonds. The van der Waals surface area contributed by atoms with E-state index in [1.54, 1.807) is 0 Å². The average molecular weight is 651 g/mol. The molecular formula is C49H34N2. The van der Waals surface area contributed by atoms with Crippen molar-refractivity contribution < 1.29 is 0 Å². The Balaban J connectivity index is 1.21. The highest BCUT2D eigenvalue weighted by atomic mass is 15.1. The summed E-state index contributed by atoms with van der Waals surface area (Å²) >= 11 is 0. The second-order valence-corrected chi connectivity index (χ2v) is 14.3. The van der Waals surface area contributed by atoms with Crippen molar-refractivity contribution in [2.24, 2.45) is 11.8 Å². The summed E-state index contributed by atoms with van der Waals surface area (Å²) in [5.41, 5.74) is 9.44. The van der Waals surface area contributed by atoms with Crippen LogP contribution in [0.25, 0.3) is 60.4 Å². The zero-order valence-electron chi connectivity index (χ0n) is 28.1. The number of fused-ring (bicyclic) bond motifs is 2. The first-order valence-electron chi connectivity index (χ1n) is 18.0. The van der Waals surface area contributed by atoms with Crippen LogP contribution in [0, 0.1) is 11.8 Å². The van der Waals surface area contributed by atoms with Gasteiger partial charge >= 0.3 is 0 Å². The highest BCUT2D eigenvalue weighted by Gasteiger charge is 2.54. The molecule has 1 fully saturated rings. The number of imidazole rings is 1. The van der Waals surface area contributed by atoms with Gasteiger partial charge < -0.3 is 0 Å². The van der Waals surface area contributed by atoms with E-state index in [-0.39, 0.29) is 0 Å². The summed E-state index contributed by atoms with van der Waals surface area (Å²) in [6, 6.07) is 60.6. The average Bonchev–Trinajstić information content (AvgIpc) is 3.60. The molecule has 3 atom stereocenters. The fourth-order valence-electron chi connectivity index (χ4n) is 9.64. The molecule has 3 aliphatic carbocycles. The maximum atomic E-state index is 5.21. The molecular weight excluding hydrogens is 617 g/mol. The summed E-state index contributed by atoms with van der Waals surface area (Å²) in [5, 5.41) is 7.96. The minimum Gasteiger partial charge on any atom is -0.292 e. The van der Waals surface area contributed by atoms with Crippen molar-refractivity contribution in [2.45, 2.75) is 11.8 Å². The number of para-hydroxylation sites is 3. The summed E-state index contributed by atoms with van der Waals surface area (Å²) in [4.78, 5) is 5.21. The first-order valence-corrected chi connectivity index (χ1v) is 18.0. The first kappa shape index (κ1) is 28.6. The van der Waals surface area contributed by atoms with Gasteiger partial charge in [0.25, 0.3) is 0 Å². The van der Waals surface area contributed by atoms with Gasteiger partial charge in [-0.3, -0.25) is 4.57 Å². The number of benzene rings is 8. The maximum Gasteiger partial charge on any atom is 0.145 e. The van der Waals surface area contributed by atoms with E-state index in [2.05, 4.69) is 187 Å². The van der Waals surface area contributed by atoms with Crippen LogP contribution in [0.2, 0.25) is 0 Å². The molecule has 0 spiro atoms. The molecule has 2 nitrogen and oxygen atoms in total. The van der Waals surface area contributed by atoms with E-state index in [1.807, 2.05) is 0 Å². The quantitative estimate of drug-likeness (QED) is 0.129. The van der Waals surface area contributed by atoms with Gasteiger partial charge in [0.2, 0.25) is 0 Å². The fourth-order valence-corrected chi connectivity index (χ4v) is 9.64. The van der Waals surface area contributed by atoms with E-state index in [0.717, 1.165) is 34.5 Å². The van der Waals surface area contributed by atoms with E-state index in [0.29, 0.717) is 11.8 Å². The highest BCUT2D eigenvalue weighted by Crippen LogP contribution is 2.61. The number of nitrogens with zero attached hydrogens (tertiary/aromatic N) is 2. The molecule has 51 heavy (non-hydrogen) atoms. The first-order chi connectivity index (χ1) is 25.3. The standard InChI is InChI=1S/C49H34N2/c1-3-17-38(18-4-1)49(47-36-15-10-16-37(47)30-36,42-31-35-14-9-12-32-24-25-33-13-11-21-41(42)46(33)45(32)35)39-28-26-34(27-29-39)48-50-43-22-7-8-23-44(43)51(48)40-19-5-2-6-20-40/h1-29,31,36,47H,30H2. The maximum absolute atomic E-state index is 5.21. The Bertz CT molecular complexity index is 2820. The topological polar surface area (TPSA) is 17.8 Å². The van der Waals surface area contributed by atoms with Crippen molar-refractivity contribution in [3.8, 4) is 17.1 Å². The predicted molar refractivity (Wildman–Crippen MR) is 212 cm³/mol. The highest BCUT2D eigenvalue weighted by molar-refractivity contribution is 6.24. The molecule has 1 saturated carbocycles. The summed E-state index contributed by atoms with van der Waals surface area (Å²) < 4.78 is 2.29. The van der Waals surface area contributed by atoms with E-state index >= 15 is 0 Å². The van der Waals surface area contributed by atoms with Crippen LogP contribution in [0.4, 0.5) is 0 Å². The van der Waals surface area contributed by atoms with Crippen molar-refractivity contribution in [1.82, 2.24) is 9.55 Å². The molecule has 0 N–H and O–H groups in total. The Labute approximate surface area is 297 Å². The molecule has 1 aromatic heterocycles. The smallest absolute Gasteiger partial charge is 0.145 e. The lowest BCUT2D eigenvalue weighted by atomic mass is 9.48. The molecule has 0 radical (unpaired) electrons. The second-order valence-electron chi connectivity index (χ2n) is 14.3. The van der Waals surface area contributed by atoms with E-state index in [4.69, 9.17) is 4.98 Å². The van der Waals surface area contributed by atoms with Crippen LogP contribution in [-0.2, 0) is 5.41 Å². The number of allylic oxidation sites excluding steroid dienone is 4. The van der Waals surface area contributed by atoms with Crippen LogP contribution in [0.15, 0.2) is 188 Å². The van der Waals surface area contributed by atoms with Gasteiger partial charge in [-0.15, -0.1) is 0 Å². The molecule has 3 aliphatic rings. The molecule has 12 rings (SSSR count). The number of rotatable bonds is 6. The summed E-state index contributed by atoms with van der Waals surface area (Å²) in [7, 11) is 0. The van der Waals surface area contributed by atoms with E-state index in [1.165, 1.54) is 54.6 Å². The number of aromatic nitrogens is 2. The van der Waals surface area contributed by atoms with Gasteiger partial charge in [-0.1, -0.05) is 157 Å². The lowest BCUT2D eigenvalue weighted by molar-refractivity contribution is 0.246. The van der Waals surface area contributed by atoms with Crippen molar-refractivity contribution in [3.05, 3.63) is 204 Å². The minimum atomic E-state index is -0.428. The SMILES string of the molecule is C1=CC2CC(=C1)C2C(c1ccccc1)(c1ccc(-c2nc3ccccc3n2-c2ccccc2)cc1)c1cc2cccc3ccc4cccc1c4c32. The minimum absolute atomic E-state index is 0.301. The summed E-state index contributed by atoms with van der Waals surface area (Å²) in [6.45, 7) is 0. The van der Waals surface area contributed by atoms with Gasteiger partial charge in [0.05, 0.1) is 16.4 Å². The molecule has 0 aliphatic heterocycles. The Morgan fingerprint density at radius 2 is 1.27 bits per heavy atom. The van der Waals surface area contributed by atoms with E-state index in [9.17, 15) is 0 Å². The Kier molecular flexibility index (Phi) is 6.09. The van der Waals surface area contributed by atoms with Gasteiger partial charge in [0.15, 0.2) is 0 Å². The Hall–Kier alpha value is -6.25. The fraction of sp³-hybridized carbons (Fsp3) is 0.0816. The molecule has 9 aromatic rings. The van der Waals surface area contributed by atoms with Gasteiger partial charge in [0, 0.05) is 17.2 Å². The summed E-state index contributed by atoms with van der Waals surface area (Å²) in [6.07, 6.45) is 8.24. The van der Waals surface area contributed by atoms with Crippen LogP contribution in [-0.4, -0.2) is 9.55 Å². The third kappa shape index (κ3) is 4.02. The molecule has 2 bridgehead atoms. The third-order valence-corrected chi connectivity index (χ3v) is 11.8. The van der Waals surface area contributed by atoms with Gasteiger partial charge in [0.1, 0.15) is 5.82 Å². The van der Waals surface area contributed by atoms with Crippen molar-refractivity contribution in [1.29, 1.82) is 0 Å². The van der Waals surface area contributed by atoms with Gasteiger partial charge in [-0.2, -0.15) is 0 Å². The molecule has 0 saturated heterocycles. The lowest BCUT2D eigenvalue weighted by Crippen LogP contribution is -2.48. The molecule has 3 unspecified atom stereocenters. The Morgan fingerprint density at radius 1 is 0.588 bits per heavy atom. The molecule has 2 heteroatoms. The monoisotopic (exact) mass is 650 g/mol. The molecule has 8 aromatic carbocycles. The lowest BCUT2D eigenvalue weighted by Gasteiger charge is -2.54. The predicted octanol–water partition coefficient (Wildman–Crippen LogP) is 12.1. The Morgan fingerprint density at radius 3 is 2.04 bits per heavy atom. The zero-order valence-corrected chi connectivity index (χ0v) is 28.1. The van der Waals surface area contributed by atoms with E-state index < -0.39 is 5.41 Å². The molecule has 240 valence electrons. The third-order valence-electron chi connectivity index (χ3n) is 11.8. The van der Waals surface area contributed by atoms with Crippen LogP contribution in [0.1, 0.15) is 23.1 Å². The van der Waals surface area contributed by atoms with Crippen LogP contribution in [0.3, 0.4) is 0 Å². The summed E-state index contributed by atoms with van der Waals surface area (Å²) in [5.74, 6) is 1.71.